The van der Waals surface area contributed by atoms with Gasteiger partial charge in [-0.1, -0.05) is 0 Å². The number of hydrogen-bond acceptors (Lipinski definition) is 5. The van der Waals surface area contributed by atoms with E-state index in [4.69, 9.17) is 0 Å². The number of nitrogens with one attached hydrogen (secondary N) is 1. The van der Waals surface area contributed by atoms with E-state index in [0.717, 1.165) is 29.5 Å². The van der Waals surface area contributed by atoms with Gasteiger partial charge in [-0.25, -0.2) is 15.0 Å². The number of rotatable bonds is 2. The predicted molar refractivity (Wildman–Crippen MR) is 69.3 cm³/mol. The summed E-state index contributed by atoms with van der Waals surface area (Å²) in [4.78, 5) is 13.5. The molecule has 3 rings (SSSR count). The van der Waals surface area contributed by atoms with Crippen LogP contribution in [0, 0.1) is 0 Å². The van der Waals surface area contributed by atoms with Gasteiger partial charge in [-0.05, 0) is 25.7 Å². The first-order chi connectivity index (χ1) is 8.38. The summed E-state index contributed by atoms with van der Waals surface area (Å²) in [5.41, 5.74) is 2.49. The molecular weight excluding hydrogens is 232 g/mol. The maximum absolute atomic E-state index is 4.66. The molecule has 88 valence electrons. The van der Waals surface area contributed by atoms with Crippen LogP contribution in [0.5, 0.6) is 0 Å². The number of anilines is 1. The predicted octanol–water partition coefficient (Wildman–Crippen LogP) is 2.52. The highest BCUT2D eigenvalue weighted by Crippen LogP contribution is 2.28. The van der Waals surface area contributed by atoms with Crippen LogP contribution < -0.4 is 5.32 Å². The third kappa shape index (κ3) is 1.91. The van der Waals surface area contributed by atoms with Crippen LogP contribution >= 0.6 is 11.3 Å². The van der Waals surface area contributed by atoms with Gasteiger partial charge in [0.05, 0.1) is 0 Å². The molecule has 5 heteroatoms. The summed E-state index contributed by atoms with van der Waals surface area (Å²) < 4.78 is 0. The molecule has 1 aliphatic rings. The van der Waals surface area contributed by atoms with Crippen LogP contribution in [0.15, 0.2) is 11.6 Å². The van der Waals surface area contributed by atoms with E-state index in [9.17, 15) is 0 Å². The van der Waals surface area contributed by atoms with Gasteiger partial charge in [-0.2, -0.15) is 0 Å². The number of thiazole rings is 1. The summed E-state index contributed by atoms with van der Waals surface area (Å²) in [6.07, 6.45) is 6.41. The van der Waals surface area contributed by atoms with Gasteiger partial charge in [0.1, 0.15) is 5.82 Å². The smallest absolute Gasteiger partial charge is 0.190 e. The highest BCUT2D eigenvalue weighted by atomic mass is 32.1. The van der Waals surface area contributed by atoms with Gasteiger partial charge in [0, 0.05) is 29.9 Å². The van der Waals surface area contributed by atoms with Gasteiger partial charge in [0.25, 0.3) is 0 Å². The fourth-order valence-corrected chi connectivity index (χ4v) is 2.80. The van der Waals surface area contributed by atoms with Crippen LogP contribution in [0.4, 0.5) is 5.82 Å². The molecule has 0 aromatic carbocycles. The molecule has 1 aliphatic carbocycles. The number of nitrogens with zero attached hydrogens (tertiary/aromatic N) is 3. The Hall–Kier alpha value is -1.49. The largest absolute Gasteiger partial charge is 0.373 e. The van der Waals surface area contributed by atoms with Gasteiger partial charge in [0.2, 0.25) is 0 Å². The Morgan fingerprint density at radius 1 is 1.24 bits per heavy atom. The molecule has 2 heterocycles. The number of aromatic nitrogens is 3. The van der Waals surface area contributed by atoms with Gasteiger partial charge < -0.3 is 5.32 Å². The van der Waals surface area contributed by atoms with Crippen molar-refractivity contribution in [3.05, 3.63) is 22.8 Å². The second kappa shape index (κ2) is 4.41. The van der Waals surface area contributed by atoms with Gasteiger partial charge >= 0.3 is 0 Å². The Kier molecular flexibility index (Phi) is 2.76. The maximum Gasteiger partial charge on any atom is 0.190 e. The zero-order valence-electron chi connectivity index (χ0n) is 9.73. The van der Waals surface area contributed by atoms with E-state index < -0.39 is 0 Å². The van der Waals surface area contributed by atoms with E-state index in [1.807, 2.05) is 12.4 Å². The molecule has 2 aromatic rings. The number of hydrogen-bond donors (Lipinski definition) is 1. The molecule has 1 N–H and O–H groups in total. The average Bonchev–Trinajstić information content (AvgIpc) is 2.91. The molecule has 4 nitrogen and oxygen atoms in total. The fourth-order valence-electron chi connectivity index (χ4n) is 2.23. The van der Waals surface area contributed by atoms with Crippen LogP contribution in [0.25, 0.3) is 10.8 Å². The summed E-state index contributed by atoms with van der Waals surface area (Å²) in [6, 6.07) is 0. The molecule has 0 radical (unpaired) electrons. The first-order valence-corrected chi connectivity index (χ1v) is 6.74. The van der Waals surface area contributed by atoms with Gasteiger partial charge in [-0.3, -0.25) is 0 Å². The quantitative estimate of drug-likeness (QED) is 0.884. The minimum atomic E-state index is 0.755. The van der Waals surface area contributed by atoms with Crippen molar-refractivity contribution in [1.29, 1.82) is 0 Å². The molecule has 0 atom stereocenters. The van der Waals surface area contributed by atoms with Crippen molar-refractivity contribution in [2.24, 2.45) is 0 Å². The average molecular weight is 246 g/mol. The molecule has 0 aliphatic heterocycles. The highest BCUT2D eigenvalue weighted by molar-refractivity contribution is 7.13. The Bertz CT molecular complexity index is 504. The normalized spacial score (nSPS) is 14.4. The Morgan fingerprint density at radius 2 is 2.12 bits per heavy atom. The highest BCUT2D eigenvalue weighted by Gasteiger charge is 2.18. The summed E-state index contributed by atoms with van der Waals surface area (Å²) in [6.45, 7) is 0. The molecule has 17 heavy (non-hydrogen) atoms. The SMILES string of the molecule is CNc1nc(-c2nccs2)nc2c1CCCC2. The molecule has 0 amide bonds. The third-order valence-corrected chi connectivity index (χ3v) is 3.81. The van der Waals surface area contributed by atoms with Crippen LogP contribution in [0.3, 0.4) is 0 Å². The molecule has 2 aromatic heterocycles. The van der Waals surface area contributed by atoms with Crippen molar-refractivity contribution in [2.45, 2.75) is 25.7 Å². The van der Waals surface area contributed by atoms with Gasteiger partial charge in [-0.15, -0.1) is 11.3 Å². The van der Waals surface area contributed by atoms with E-state index in [0.29, 0.717) is 0 Å². The monoisotopic (exact) mass is 246 g/mol. The minimum absolute atomic E-state index is 0.755. The van der Waals surface area contributed by atoms with Crippen molar-refractivity contribution < 1.29 is 0 Å². The maximum atomic E-state index is 4.66. The Morgan fingerprint density at radius 3 is 2.88 bits per heavy atom. The van der Waals surface area contributed by atoms with Crippen molar-refractivity contribution in [3.8, 4) is 10.8 Å². The van der Waals surface area contributed by atoms with E-state index in [-0.39, 0.29) is 0 Å². The lowest BCUT2D eigenvalue weighted by Crippen LogP contribution is -2.11. The van der Waals surface area contributed by atoms with Crippen LogP contribution in [0.2, 0.25) is 0 Å². The second-order valence-electron chi connectivity index (χ2n) is 4.12. The third-order valence-electron chi connectivity index (χ3n) is 3.04. The summed E-state index contributed by atoms with van der Waals surface area (Å²) in [5, 5.41) is 6.04. The Balaban J connectivity index is 2.12. The summed E-state index contributed by atoms with van der Waals surface area (Å²) in [7, 11) is 1.92. The topological polar surface area (TPSA) is 50.7 Å². The minimum Gasteiger partial charge on any atom is -0.373 e. The molecule has 0 spiro atoms. The van der Waals surface area contributed by atoms with Crippen LogP contribution in [0.1, 0.15) is 24.1 Å². The molecule has 0 bridgehead atoms. The summed E-state index contributed by atoms with van der Waals surface area (Å²) >= 11 is 1.58. The van der Waals surface area contributed by atoms with E-state index in [1.165, 1.54) is 24.1 Å². The van der Waals surface area contributed by atoms with Crippen molar-refractivity contribution in [3.63, 3.8) is 0 Å². The van der Waals surface area contributed by atoms with Crippen molar-refractivity contribution >= 4 is 17.2 Å². The fraction of sp³-hybridized carbons (Fsp3) is 0.417. The van der Waals surface area contributed by atoms with E-state index in [2.05, 4.69) is 20.3 Å². The number of fused-ring (bicyclic) bond motifs is 1. The lowest BCUT2D eigenvalue weighted by Gasteiger charge is -2.18. The van der Waals surface area contributed by atoms with Gasteiger partial charge in [0.15, 0.2) is 10.8 Å². The molecule has 0 saturated carbocycles. The zero-order chi connectivity index (χ0) is 11.7. The summed E-state index contributed by atoms with van der Waals surface area (Å²) in [5.74, 6) is 1.73. The van der Waals surface area contributed by atoms with Crippen LogP contribution in [-0.4, -0.2) is 22.0 Å². The molecule has 0 saturated heterocycles. The van der Waals surface area contributed by atoms with Crippen molar-refractivity contribution in [2.75, 3.05) is 12.4 Å². The molecule has 0 fully saturated rings. The molecule has 0 unspecified atom stereocenters. The standard InChI is InChI=1S/C12H14N4S/c1-13-10-8-4-2-3-5-9(8)15-11(16-10)12-14-6-7-17-12/h6-7H,2-5H2,1H3,(H,13,15,16). The van der Waals surface area contributed by atoms with E-state index in [1.54, 1.807) is 17.5 Å². The van der Waals surface area contributed by atoms with Crippen molar-refractivity contribution in [1.82, 2.24) is 15.0 Å². The van der Waals surface area contributed by atoms with Crippen LogP contribution in [-0.2, 0) is 12.8 Å². The Labute approximate surface area is 104 Å². The lowest BCUT2D eigenvalue weighted by molar-refractivity contribution is 0.665. The lowest BCUT2D eigenvalue weighted by atomic mass is 9.96. The first kappa shape index (κ1) is 10.7. The molecular formula is C12H14N4S. The zero-order valence-corrected chi connectivity index (χ0v) is 10.5. The van der Waals surface area contributed by atoms with E-state index >= 15 is 0 Å². The first-order valence-electron chi connectivity index (χ1n) is 5.86. The number of aryl methyl sites for hydroxylation is 1. The second-order valence-corrected chi connectivity index (χ2v) is 5.01.